The highest BCUT2D eigenvalue weighted by Gasteiger charge is 2.68. The van der Waals surface area contributed by atoms with Crippen LogP contribution in [0.5, 0.6) is 34.5 Å². The minimum absolute atomic E-state index is 0.147. The number of Topliss-reactive ketones (excluding diaryl/α,β-unsaturated/α-hetero) is 2. The molecule has 46 heavy (non-hydrogen) atoms. The zero-order chi connectivity index (χ0) is 32.4. The van der Waals surface area contributed by atoms with Crippen molar-refractivity contribution in [3.63, 3.8) is 0 Å². The molecular formula is C36H34N2O8. The van der Waals surface area contributed by atoms with Crippen molar-refractivity contribution in [2.75, 3.05) is 53.3 Å². The molecule has 0 radical (unpaired) electrons. The molecule has 0 amide bonds. The number of carbonyl (C=O) groups excluding carboxylic acids is 2. The van der Waals surface area contributed by atoms with Crippen LogP contribution in [0.1, 0.15) is 43.3 Å². The fraction of sp³-hybridized carbons (Fsp3) is 0.278. The number of para-hydroxylation sites is 2. The van der Waals surface area contributed by atoms with Crippen LogP contribution in [0.2, 0.25) is 0 Å². The molecule has 10 heteroatoms. The van der Waals surface area contributed by atoms with Crippen molar-refractivity contribution >= 4 is 22.9 Å². The van der Waals surface area contributed by atoms with Gasteiger partial charge in [0.05, 0.1) is 48.6 Å². The molecule has 0 saturated heterocycles. The Balaban J connectivity index is 1.65. The van der Waals surface area contributed by atoms with Gasteiger partial charge < -0.3 is 39.1 Å². The van der Waals surface area contributed by atoms with Crippen LogP contribution in [0.25, 0.3) is 0 Å². The number of benzene rings is 4. The smallest absolute Gasteiger partial charge is 0.203 e. The van der Waals surface area contributed by atoms with E-state index in [0.717, 1.165) is 0 Å². The van der Waals surface area contributed by atoms with E-state index in [2.05, 4.69) is 10.6 Å². The van der Waals surface area contributed by atoms with Crippen LogP contribution < -0.4 is 39.1 Å². The molecule has 10 nitrogen and oxygen atoms in total. The van der Waals surface area contributed by atoms with Crippen molar-refractivity contribution in [2.24, 2.45) is 0 Å². The third-order valence-corrected chi connectivity index (χ3v) is 9.52. The number of carbonyl (C=O) groups is 2. The molecule has 0 saturated carbocycles. The van der Waals surface area contributed by atoms with E-state index in [-0.39, 0.29) is 18.0 Å². The van der Waals surface area contributed by atoms with Crippen molar-refractivity contribution in [1.29, 1.82) is 0 Å². The van der Waals surface area contributed by atoms with E-state index in [4.69, 9.17) is 28.4 Å². The lowest BCUT2D eigenvalue weighted by atomic mass is 9.55. The monoisotopic (exact) mass is 622 g/mol. The van der Waals surface area contributed by atoms with Gasteiger partial charge in [-0.2, -0.15) is 0 Å². The van der Waals surface area contributed by atoms with Crippen LogP contribution in [-0.4, -0.2) is 59.8 Å². The SMILES string of the molecule is COc1cc([C@H]2[C@@]3(Cc4cc(OC)c(OC)c(OC)c4[C@@]24Nc2ccccc2C4=O)Nc2ccccc2C3=O)cc(OC)c1OC. The van der Waals surface area contributed by atoms with Gasteiger partial charge in [-0.3, -0.25) is 9.59 Å². The lowest BCUT2D eigenvalue weighted by Crippen LogP contribution is -2.63. The molecule has 3 atom stereocenters. The Labute approximate surface area is 266 Å². The summed E-state index contributed by atoms with van der Waals surface area (Å²) in [7, 11) is 9.20. The van der Waals surface area contributed by atoms with E-state index in [0.29, 0.717) is 73.7 Å². The molecule has 1 aliphatic carbocycles. The van der Waals surface area contributed by atoms with Gasteiger partial charge in [0.1, 0.15) is 11.1 Å². The highest BCUT2D eigenvalue weighted by molar-refractivity contribution is 6.19. The number of ether oxygens (including phenoxy) is 6. The van der Waals surface area contributed by atoms with Crippen LogP contribution in [0.4, 0.5) is 11.4 Å². The van der Waals surface area contributed by atoms with Crippen molar-refractivity contribution in [2.45, 2.75) is 23.4 Å². The highest BCUT2D eigenvalue weighted by atomic mass is 16.5. The molecule has 4 aromatic carbocycles. The van der Waals surface area contributed by atoms with Crippen LogP contribution in [-0.2, 0) is 12.0 Å². The van der Waals surface area contributed by atoms with E-state index >= 15 is 4.79 Å². The first-order valence-corrected chi connectivity index (χ1v) is 14.8. The minimum Gasteiger partial charge on any atom is -0.493 e. The van der Waals surface area contributed by atoms with Gasteiger partial charge in [-0.1, -0.05) is 24.3 Å². The van der Waals surface area contributed by atoms with Gasteiger partial charge in [-0.05, 0) is 53.6 Å². The van der Waals surface area contributed by atoms with Gasteiger partial charge in [-0.25, -0.2) is 0 Å². The van der Waals surface area contributed by atoms with Gasteiger partial charge in [0.25, 0.3) is 0 Å². The van der Waals surface area contributed by atoms with Gasteiger partial charge in [0.15, 0.2) is 34.6 Å². The summed E-state index contributed by atoms with van der Waals surface area (Å²) in [6.45, 7) is 0. The Kier molecular flexibility index (Phi) is 6.77. The van der Waals surface area contributed by atoms with Crippen molar-refractivity contribution in [3.05, 3.63) is 94.5 Å². The maximum atomic E-state index is 15.3. The maximum Gasteiger partial charge on any atom is 0.203 e. The minimum atomic E-state index is -1.57. The zero-order valence-electron chi connectivity index (χ0n) is 26.4. The Morgan fingerprint density at radius 3 is 1.65 bits per heavy atom. The second-order valence-electron chi connectivity index (χ2n) is 11.5. The van der Waals surface area contributed by atoms with Crippen molar-refractivity contribution < 1.29 is 38.0 Å². The summed E-state index contributed by atoms with van der Waals surface area (Å²) < 4.78 is 34.9. The summed E-state index contributed by atoms with van der Waals surface area (Å²) in [5.74, 6) is 0.998. The third kappa shape index (κ3) is 3.70. The molecule has 0 fully saturated rings. The largest absolute Gasteiger partial charge is 0.493 e. The molecule has 0 bridgehead atoms. The number of anilines is 2. The van der Waals surface area contributed by atoms with Gasteiger partial charge >= 0.3 is 0 Å². The molecule has 2 spiro atoms. The molecule has 3 aliphatic rings. The second-order valence-corrected chi connectivity index (χ2v) is 11.5. The Morgan fingerprint density at radius 1 is 0.609 bits per heavy atom. The number of methoxy groups -OCH3 is 6. The maximum absolute atomic E-state index is 15.3. The van der Waals surface area contributed by atoms with Gasteiger partial charge in [-0.15, -0.1) is 0 Å². The van der Waals surface area contributed by atoms with E-state index < -0.39 is 17.0 Å². The quantitative estimate of drug-likeness (QED) is 0.269. The third-order valence-electron chi connectivity index (χ3n) is 9.52. The first-order chi connectivity index (χ1) is 22.3. The standard InChI is InChI=1S/C36H34N2O8/c1-41-25-15-19(16-26(42-2)29(25)44-4)32-35(33(39)21-11-7-9-13-23(21)37-35)18-20-17-27(43-3)30(45-5)31(46-6)28(20)36(32)34(40)22-12-8-10-14-24(22)38-36/h7-17,32,37-38H,18H2,1-6H3/t32-,35+,36+/m0/s1. The number of hydrogen-bond acceptors (Lipinski definition) is 10. The van der Waals surface area contributed by atoms with E-state index in [1.54, 1.807) is 13.2 Å². The van der Waals surface area contributed by atoms with E-state index in [1.807, 2.05) is 60.7 Å². The van der Waals surface area contributed by atoms with Crippen LogP contribution in [0.15, 0.2) is 66.7 Å². The number of hydrogen-bond donors (Lipinski definition) is 2. The molecule has 2 N–H and O–H groups in total. The topological polar surface area (TPSA) is 114 Å². The Hall–Kier alpha value is -5.38. The number of ketones is 2. The average Bonchev–Trinajstić information content (AvgIpc) is 3.53. The molecular weight excluding hydrogens is 588 g/mol. The molecule has 236 valence electrons. The summed E-state index contributed by atoms with van der Waals surface area (Å²) in [4.78, 5) is 30.3. The first kappa shape index (κ1) is 29.3. The van der Waals surface area contributed by atoms with Crippen LogP contribution >= 0.6 is 0 Å². The lowest BCUT2D eigenvalue weighted by molar-refractivity contribution is 0.0772. The van der Waals surface area contributed by atoms with Crippen molar-refractivity contribution in [1.82, 2.24) is 0 Å². The summed E-state index contributed by atoms with van der Waals surface area (Å²) in [6, 6.07) is 20.2. The van der Waals surface area contributed by atoms with E-state index in [9.17, 15) is 4.79 Å². The van der Waals surface area contributed by atoms with Crippen LogP contribution in [0.3, 0.4) is 0 Å². The Bertz CT molecular complexity index is 1900. The van der Waals surface area contributed by atoms with E-state index in [1.165, 1.54) is 35.5 Å². The molecule has 0 aromatic heterocycles. The molecule has 7 rings (SSSR count). The van der Waals surface area contributed by atoms with Gasteiger partial charge in [0, 0.05) is 34.5 Å². The number of nitrogens with one attached hydrogen (secondary N) is 2. The highest BCUT2D eigenvalue weighted by Crippen LogP contribution is 2.64. The molecule has 4 aromatic rings. The van der Waals surface area contributed by atoms with Crippen molar-refractivity contribution in [3.8, 4) is 34.5 Å². The fourth-order valence-electron chi connectivity index (χ4n) is 7.80. The van der Waals surface area contributed by atoms with Gasteiger partial charge in [0.2, 0.25) is 11.5 Å². The molecule has 0 unspecified atom stereocenters. The number of rotatable bonds is 7. The molecule has 2 aliphatic heterocycles. The fourth-order valence-corrected chi connectivity index (χ4v) is 7.80. The zero-order valence-corrected chi connectivity index (χ0v) is 26.4. The average molecular weight is 623 g/mol. The normalized spacial score (nSPS) is 22.0. The Morgan fingerprint density at radius 2 is 1.13 bits per heavy atom. The predicted octanol–water partition coefficient (Wildman–Crippen LogP) is 5.63. The lowest BCUT2D eigenvalue weighted by Gasteiger charge is -2.52. The molecule has 2 heterocycles. The summed E-state index contributed by atoms with van der Waals surface area (Å²) >= 11 is 0. The predicted molar refractivity (Wildman–Crippen MR) is 172 cm³/mol. The number of fused-ring (bicyclic) bond motifs is 4. The summed E-state index contributed by atoms with van der Waals surface area (Å²) in [6.07, 6.45) is 0.195. The first-order valence-electron chi connectivity index (χ1n) is 14.8. The summed E-state index contributed by atoms with van der Waals surface area (Å²) in [5.41, 5.74) is 1.28. The van der Waals surface area contributed by atoms with Crippen LogP contribution in [0, 0.1) is 0 Å². The second kappa shape index (κ2) is 10.6. The summed E-state index contributed by atoms with van der Waals surface area (Å²) in [5, 5.41) is 7.27.